The Morgan fingerprint density at radius 1 is 0.633 bits per heavy atom. The molecule has 0 saturated heterocycles. The van der Waals surface area contributed by atoms with Crippen LogP contribution in [-0.2, 0) is 9.63 Å². The molecule has 0 bridgehead atoms. The van der Waals surface area contributed by atoms with Gasteiger partial charge in [-0.25, -0.2) is 0 Å². The second-order valence-corrected chi connectivity index (χ2v) is 7.97. The fraction of sp³-hybridized carbons (Fsp3) is 0.963. The number of nitrogens with one attached hydrogen (secondary N) is 1. The van der Waals surface area contributed by atoms with E-state index in [1.54, 1.807) is 0 Å². The number of carbonyl (C=O) groups is 1. The van der Waals surface area contributed by atoms with E-state index in [9.17, 15) is 4.79 Å². The van der Waals surface area contributed by atoms with Crippen LogP contribution in [0, 0.1) is 11.8 Å². The Morgan fingerprint density at radius 2 is 1.07 bits per heavy atom. The summed E-state index contributed by atoms with van der Waals surface area (Å²) in [6, 6.07) is 0. The fourth-order valence-electron chi connectivity index (χ4n) is 3.16. The lowest BCUT2D eigenvalue weighted by molar-refractivity contribution is -0.135. The molecule has 3 nitrogen and oxygen atoms in total. The molecule has 0 spiro atoms. The molecule has 3 heteroatoms. The minimum atomic E-state index is 0.401. The van der Waals surface area contributed by atoms with Crippen LogP contribution < -0.4 is 5.48 Å². The zero-order valence-corrected chi connectivity index (χ0v) is 22.7. The molecule has 0 heterocycles. The van der Waals surface area contributed by atoms with E-state index in [0.717, 1.165) is 18.9 Å². The summed E-state index contributed by atoms with van der Waals surface area (Å²) >= 11 is 0. The summed E-state index contributed by atoms with van der Waals surface area (Å²) in [6.07, 6.45) is 19.7. The lowest BCUT2D eigenvalue weighted by Gasteiger charge is -2.10. The van der Waals surface area contributed by atoms with Gasteiger partial charge in [0, 0.05) is 6.54 Å². The van der Waals surface area contributed by atoms with Gasteiger partial charge in [0.25, 0.3) is 0 Å². The summed E-state index contributed by atoms with van der Waals surface area (Å²) < 4.78 is 0. The predicted octanol–water partition coefficient (Wildman–Crippen LogP) is 9.50. The first kappa shape index (κ1) is 36.8. The van der Waals surface area contributed by atoms with Crippen molar-refractivity contribution in [1.29, 1.82) is 0 Å². The molecule has 0 aromatic heterocycles. The first-order chi connectivity index (χ1) is 14.6. The standard InChI is InChI=1S/C16H34.C7H15NO2.2C2H6/c1-4-6-8-10-11-13-15-16(3)14-12-9-7-5-2;1-3-4-7(2)5-8-10-6-9;2*1-2/h16H,4-15H2,1-3H3;6-8H,3-5H2,1-2H3;2*1-2H3. The highest BCUT2D eigenvalue weighted by Crippen LogP contribution is 2.17. The van der Waals surface area contributed by atoms with Crippen LogP contribution >= 0.6 is 0 Å². The molecule has 0 aliphatic carbocycles. The van der Waals surface area contributed by atoms with E-state index < -0.39 is 0 Å². The Balaban J connectivity index is -0.000000207. The summed E-state index contributed by atoms with van der Waals surface area (Å²) in [5, 5.41) is 0. The lowest BCUT2D eigenvalue weighted by Crippen LogP contribution is -2.20. The maximum Gasteiger partial charge on any atom is 0.312 e. The zero-order chi connectivity index (χ0) is 23.9. The van der Waals surface area contributed by atoms with Gasteiger partial charge < -0.3 is 4.84 Å². The molecule has 0 fully saturated rings. The molecule has 0 radical (unpaired) electrons. The van der Waals surface area contributed by atoms with Crippen LogP contribution in [0.2, 0.25) is 0 Å². The van der Waals surface area contributed by atoms with E-state index in [4.69, 9.17) is 0 Å². The van der Waals surface area contributed by atoms with Crippen molar-refractivity contribution in [3.05, 3.63) is 0 Å². The summed E-state index contributed by atoms with van der Waals surface area (Å²) in [6.45, 7) is 20.4. The second-order valence-electron chi connectivity index (χ2n) is 7.97. The van der Waals surface area contributed by atoms with E-state index >= 15 is 0 Å². The quantitative estimate of drug-likeness (QED) is 0.133. The van der Waals surface area contributed by atoms with Crippen molar-refractivity contribution in [2.75, 3.05) is 6.54 Å². The van der Waals surface area contributed by atoms with E-state index in [1.165, 1.54) is 83.5 Å². The molecule has 0 saturated carbocycles. The molecule has 0 aromatic rings. The molecule has 0 aliphatic heterocycles. The maximum absolute atomic E-state index is 9.66. The monoisotopic (exact) mass is 431 g/mol. The van der Waals surface area contributed by atoms with Gasteiger partial charge in [-0.15, -0.1) is 0 Å². The zero-order valence-electron chi connectivity index (χ0n) is 22.7. The van der Waals surface area contributed by atoms with Gasteiger partial charge in [0.05, 0.1) is 0 Å². The molecular weight excluding hydrogens is 370 g/mol. The van der Waals surface area contributed by atoms with Gasteiger partial charge in [0.1, 0.15) is 0 Å². The minimum Gasteiger partial charge on any atom is -0.374 e. The van der Waals surface area contributed by atoms with E-state index in [0.29, 0.717) is 12.4 Å². The minimum absolute atomic E-state index is 0.401. The Morgan fingerprint density at radius 3 is 1.50 bits per heavy atom. The predicted molar refractivity (Wildman–Crippen MR) is 138 cm³/mol. The third kappa shape index (κ3) is 41.7. The first-order valence-electron chi connectivity index (χ1n) is 13.4. The smallest absolute Gasteiger partial charge is 0.312 e. The summed E-state index contributed by atoms with van der Waals surface area (Å²) in [5.41, 5.74) is 2.55. The number of hydroxylamine groups is 1. The third-order valence-electron chi connectivity index (χ3n) is 4.95. The topological polar surface area (TPSA) is 38.3 Å². The highest BCUT2D eigenvalue weighted by atomic mass is 16.7. The van der Waals surface area contributed by atoms with Crippen LogP contribution in [0.25, 0.3) is 0 Å². The van der Waals surface area contributed by atoms with Crippen LogP contribution in [0.5, 0.6) is 0 Å². The van der Waals surface area contributed by atoms with E-state index in [2.05, 4.69) is 44.9 Å². The van der Waals surface area contributed by atoms with Crippen LogP contribution in [0.15, 0.2) is 0 Å². The molecular formula is C27H61NO2. The molecule has 30 heavy (non-hydrogen) atoms. The number of hydrogen-bond donors (Lipinski definition) is 1. The van der Waals surface area contributed by atoms with Crippen molar-refractivity contribution in [3.63, 3.8) is 0 Å². The molecule has 2 unspecified atom stereocenters. The largest absolute Gasteiger partial charge is 0.374 e. The maximum atomic E-state index is 9.66. The van der Waals surface area contributed by atoms with Gasteiger partial charge in [0.2, 0.25) is 0 Å². The highest BCUT2D eigenvalue weighted by Gasteiger charge is 2.01. The van der Waals surface area contributed by atoms with Crippen molar-refractivity contribution >= 4 is 6.47 Å². The number of unbranched alkanes of at least 4 members (excludes halogenated alkanes) is 8. The Hall–Kier alpha value is -0.570. The van der Waals surface area contributed by atoms with Crippen LogP contribution in [0.4, 0.5) is 0 Å². The number of hydrogen-bond acceptors (Lipinski definition) is 3. The van der Waals surface area contributed by atoms with Gasteiger partial charge in [-0.1, -0.05) is 146 Å². The Bertz CT molecular complexity index is 259. The second kappa shape index (κ2) is 39.0. The van der Waals surface area contributed by atoms with Crippen LogP contribution in [0.3, 0.4) is 0 Å². The van der Waals surface area contributed by atoms with Crippen molar-refractivity contribution in [3.8, 4) is 0 Å². The van der Waals surface area contributed by atoms with Gasteiger partial charge in [-0.05, 0) is 18.3 Å². The summed E-state index contributed by atoms with van der Waals surface area (Å²) in [5.74, 6) is 1.55. The van der Waals surface area contributed by atoms with Crippen LogP contribution in [-0.4, -0.2) is 13.0 Å². The van der Waals surface area contributed by atoms with Crippen molar-refractivity contribution < 1.29 is 9.63 Å². The summed E-state index contributed by atoms with van der Waals surface area (Å²) in [7, 11) is 0. The molecule has 0 rings (SSSR count). The molecule has 1 N–H and O–H groups in total. The Labute approximate surface area is 192 Å². The third-order valence-corrected chi connectivity index (χ3v) is 4.95. The Kier molecular flexibility index (Phi) is 47.8. The molecule has 0 amide bonds. The molecule has 0 aliphatic rings. The average molecular weight is 432 g/mol. The van der Waals surface area contributed by atoms with Crippen LogP contribution in [0.1, 0.15) is 152 Å². The van der Waals surface area contributed by atoms with Gasteiger partial charge >= 0.3 is 6.47 Å². The van der Waals surface area contributed by atoms with E-state index in [1.807, 2.05) is 27.7 Å². The SMILES string of the molecule is CC.CC.CCCC(C)CNOC=O.CCCCCCCCC(C)CCCCCC. The van der Waals surface area contributed by atoms with Crippen molar-refractivity contribution in [1.82, 2.24) is 5.48 Å². The first-order valence-corrected chi connectivity index (χ1v) is 13.4. The lowest BCUT2D eigenvalue weighted by atomic mass is 9.96. The average Bonchev–Trinajstić information content (AvgIpc) is 2.77. The summed E-state index contributed by atoms with van der Waals surface area (Å²) in [4.78, 5) is 14.0. The molecule has 186 valence electrons. The van der Waals surface area contributed by atoms with Crippen molar-refractivity contribution in [2.24, 2.45) is 11.8 Å². The van der Waals surface area contributed by atoms with Gasteiger partial charge in [-0.3, -0.25) is 4.79 Å². The van der Waals surface area contributed by atoms with E-state index in [-0.39, 0.29) is 0 Å². The highest BCUT2D eigenvalue weighted by molar-refractivity contribution is 5.36. The van der Waals surface area contributed by atoms with Gasteiger partial charge in [0.15, 0.2) is 0 Å². The van der Waals surface area contributed by atoms with Gasteiger partial charge in [-0.2, -0.15) is 5.48 Å². The molecule has 0 aromatic carbocycles. The number of rotatable bonds is 18. The van der Waals surface area contributed by atoms with Crippen molar-refractivity contribution in [2.45, 2.75) is 152 Å². The normalized spacial score (nSPS) is 11.5. The fourth-order valence-corrected chi connectivity index (χ4v) is 3.16. The molecule has 2 atom stereocenters. The number of carbonyl (C=O) groups excluding carboxylic acids is 1.